The van der Waals surface area contributed by atoms with E-state index in [2.05, 4.69) is 47.3 Å². The fourth-order valence-electron chi connectivity index (χ4n) is 10.9. The number of nitrogens with zero attached hydrogens (tertiary/aromatic N) is 2. The first-order chi connectivity index (χ1) is 37.3. The average molecular weight is 1230 g/mol. The third-order valence-electron chi connectivity index (χ3n) is 13.9. The number of anilines is 1. The molecule has 2 unspecified atom stereocenters. The van der Waals surface area contributed by atoms with Crippen molar-refractivity contribution in [2.75, 3.05) is 62.7 Å². The molecule has 0 saturated carbocycles. The Balaban J connectivity index is 0.806. The van der Waals surface area contributed by atoms with Crippen LogP contribution in [0.1, 0.15) is 121 Å². The van der Waals surface area contributed by atoms with Crippen molar-refractivity contribution in [3.05, 3.63) is 85.4 Å². The van der Waals surface area contributed by atoms with E-state index < -0.39 is 59.0 Å². The van der Waals surface area contributed by atoms with Crippen LogP contribution in [-0.4, -0.2) is 129 Å². The predicted octanol–water partition coefficient (Wildman–Crippen LogP) is 7.06. The van der Waals surface area contributed by atoms with Gasteiger partial charge in [0, 0.05) is 86.7 Å². The molecule has 0 spiro atoms. The zero-order valence-corrected chi connectivity index (χ0v) is 50.5. The SMILES string of the molecule is CC(C)(C)SSCO[C@@H]1C[C@H](BC#CCOCSSC(C)(C)CNC(=O)c2ccc(C3=c4cc5c6c(c4Oc4c3cc3c7c4CCCN7CCC3)CCC[N+]=6CCC5)c(C(=O)O)c2)O[C@@H]1COP(=O)(O)OP(=O)(O)OP(=O)(O)O. The number of fused-ring (bicyclic) bond motifs is 4. The van der Waals surface area contributed by atoms with Crippen LogP contribution < -0.4 is 30.1 Å². The van der Waals surface area contributed by atoms with Gasteiger partial charge in [0.15, 0.2) is 0 Å². The minimum Gasteiger partial charge on any atom is -0.478 e. The third-order valence-corrected chi connectivity index (χ3v) is 23.7. The van der Waals surface area contributed by atoms with E-state index >= 15 is 0 Å². The number of rotatable bonds is 22. The quantitative estimate of drug-likeness (QED) is 0.00874. The number of phosphoric acid groups is 3. The topological polar surface area (TPSA) is 269 Å². The van der Waals surface area contributed by atoms with Crippen molar-refractivity contribution in [3.8, 4) is 23.2 Å². The van der Waals surface area contributed by atoms with Crippen LogP contribution in [0.2, 0.25) is 0 Å². The van der Waals surface area contributed by atoms with Crippen molar-refractivity contribution < 1.29 is 80.1 Å². The van der Waals surface area contributed by atoms with Gasteiger partial charge in [-0.25, -0.2) is 23.1 Å². The molecule has 0 bridgehead atoms. The van der Waals surface area contributed by atoms with Gasteiger partial charge < -0.3 is 53.8 Å². The molecule has 20 nitrogen and oxygen atoms in total. The van der Waals surface area contributed by atoms with E-state index in [0.717, 1.165) is 105 Å². The highest BCUT2D eigenvalue weighted by Crippen LogP contribution is 2.66. The number of aryl methyl sites for hydroxylation is 2. The van der Waals surface area contributed by atoms with E-state index in [1.165, 1.54) is 71.7 Å². The van der Waals surface area contributed by atoms with Crippen molar-refractivity contribution in [1.29, 1.82) is 0 Å². The van der Waals surface area contributed by atoms with Crippen molar-refractivity contribution >= 4 is 97.1 Å². The molecule has 3 aromatic rings. The molecule has 0 radical (unpaired) electrons. The van der Waals surface area contributed by atoms with Gasteiger partial charge in [-0.05, 0) is 94.2 Å². The average Bonchev–Trinajstić information content (AvgIpc) is 3.82. The number of nitrogens with one attached hydrogen (secondary N) is 1. The predicted molar refractivity (Wildman–Crippen MR) is 309 cm³/mol. The van der Waals surface area contributed by atoms with E-state index in [4.69, 9.17) is 33.3 Å². The number of benzene rings is 3. The molecule has 6 aliphatic rings. The minimum atomic E-state index is -5.69. The maximum Gasteiger partial charge on any atom is 0.490 e. The fourth-order valence-corrected chi connectivity index (χ4v) is 18.1. The van der Waals surface area contributed by atoms with Gasteiger partial charge in [-0.2, -0.15) is 14.4 Å². The van der Waals surface area contributed by atoms with Crippen molar-refractivity contribution in [2.45, 2.75) is 120 Å². The molecule has 0 aliphatic carbocycles. The summed E-state index contributed by atoms with van der Waals surface area (Å²) < 4.78 is 74.6. The minimum absolute atomic E-state index is 0.0539. The van der Waals surface area contributed by atoms with Gasteiger partial charge in [-0.3, -0.25) is 9.32 Å². The molecule has 6 N–H and O–H groups in total. The summed E-state index contributed by atoms with van der Waals surface area (Å²) >= 11 is 0. The number of aromatic carboxylic acids is 1. The van der Waals surface area contributed by atoms with Crippen LogP contribution in [0.25, 0.3) is 5.57 Å². The molecule has 6 heterocycles. The second kappa shape index (κ2) is 25.2. The summed E-state index contributed by atoms with van der Waals surface area (Å²) in [4.78, 5) is 67.0. The number of amides is 1. The fraction of sp³-hybridized carbons (Fsp3) is 0.549. The third kappa shape index (κ3) is 15.3. The van der Waals surface area contributed by atoms with Crippen LogP contribution in [0.15, 0.2) is 30.3 Å². The Morgan fingerprint density at radius 1 is 0.861 bits per heavy atom. The van der Waals surface area contributed by atoms with Gasteiger partial charge in [0.2, 0.25) is 12.6 Å². The van der Waals surface area contributed by atoms with Gasteiger partial charge in [-0.15, -0.1) is 0 Å². The Morgan fingerprint density at radius 2 is 1.58 bits per heavy atom. The van der Waals surface area contributed by atoms with Crippen molar-refractivity contribution in [1.82, 2.24) is 9.89 Å². The van der Waals surface area contributed by atoms with Gasteiger partial charge in [0.05, 0.1) is 23.8 Å². The zero-order valence-electron chi connectivity index (χ0n) is 44.6. The summed E-state index contributed by atoms with van der Waals surface area (Å²) in [5.74, 6) is 6.64. The summed E-state index contributed by atoms with van der Waals surface area (Å²) in [5.41, 5.74) is 8.88. The van der Waals surface area contributed by atoms with Crippen LogP contribution in [0.4, 0.5) is 5.69 Å². The van der Waals surface area contributed by atoms with Gasteiger partial charge in [0.25, 0.3) is 5.91 Å². The summed E-state index contributed by atoms with van der Waals surface area (Å²) in [6.45, 7) is 13.9. The Kier molecular flexibility index (Phi) is 19.4. The van der Waals surface area contributed by atoms with E-state index in [-0.39, 0.29) is 54.1 Å². The first-order valence-corrected chi connectivity index (χ1v) is 35.3. The lowest BCUT2D eigenvalue weighted by atomic mass is 9.71. The first kappa shape index (κ1) is 60.8. The number of carbonyl (C=O) groups excluding carboxylic acids is 1. The number of carbonyl (C=O) groups is 2. The number of hydrogen-bond acceptors (Lipinski definition) is 17. The normalized spacial score (nSPS) is 21.0. The number of phosphoric ester groups is 1. The van der Waals surface area contributed by atoms with Crippen LogP contribution in [0.3, 0.4) is 0 Å². The van der Waals surface area contributed by atoms with Crippen molar-refractivity contribution in [3.63, 3.8) is 0 Å². The lowest BCUT2D eigenvalue weighted by Gasteiger charge is -2.39. The van der Waals surface area contributed by atoms with E-state index in [0.29, 0.717) is 12.0 Å². The Labute approximate surface area is 475 Å². The molecule has 0 aromatic heterocycles. The van der Waals surface area contributed by atoms with Gasteiger partial charge >= 0.3 is 29.4 Å². The lowest BCUT2D eigenvalue weighted by Crippen LogP contribution is -2.45. The molecule has 6 aliphatic heterocycles. The smallest absolute Gasteiger partial charge is 0.478 e. The van der Waals surface area contributed by atoms with Crippen LogP contribution >= 0.6 is 66.6 Å². The first-order valence-electron chi connectivity index (χ1n) is 26.1. The van der Waals surface area contributed by atoms with Crippen LogP contribution in [-0.2, 0) is 66.7 Å². The van der Waals surface area contributed by atoms with E-state index in [9.17, 15) is 38.2 Å². The number of carboxylic acids is 1. The van der Waals surface area contributed by atoms with Crippen molar-refractivity contribution in [2.24, 2.45) is 0 Å². The maximum atomic E-state index is 13.9. The number of hydrogen-bond donors (Lipinski definition) is 6. The molecule has 9 rings (SSSR count). The second-order valence-corrected chi connectivity index (χ2v) is 32.1. The molecule has 28 heteroatoms. The highest BCUT2D eigenvalue weighted by atomic mass is 33.1. The molecular formula is C51H66BN3O17P3S4+. The largest absolute Gasteiger partial charge is 0.490 e. The molecule has 428 valence electrons. The molecule has 1 amide bonds. The summed E-state index contributed by atoms with van der Waals surface area (Å²) in [7, 11) is -10.4. The number of ether oxygens (including phenoxy) is 4. The van der Waals surface area contributed by atoms with Gasteiger partial charge in [0.1, 0.15) is 49.2 Å². The number of carboxylic acid groups (broad SMARTS) is 1. The Hall–Kier alpha value is -2.82. The summed E-state index contributed by atoms with van der Waals surface area (Å²) in [6.07, 6.45) is 6.57. The molecule has 1 fully saturated rings. The van der Waals surface area contributed by atoms with Crippen LogP contribution in [0.5, 0.6) is 11.5 Å². The molecule has 5 atom stereocenters. The Bertz CT molecular complexity index is 3220. The molecule has 79 heavy (non-hydrogen) atoms. The van der Waals surface area contributed by atoms with E-state index in [1.807, 2.05) is 34.6 Å². The standard InChI is InChI=1S/C51H65BN3O17P3S4/c1-50(2,3)78-77-30-67-40-26-42(69-41(40)27-68-74(62,63)72-75(64,65)71-73(59,60)61)52-17-10-22-66-29-76-79-51(4,5)28-53-48(56)33-15-16-34(37(25-33)49(57)58)43-38-23-31-11-6-18-54-20-8-13-35(44(31)54)46(38)70-47-36-14-9-21-55-19-7-12-32(45(36)55)24-39(43)47/h15-16,23-25,40-42,52H,6-9,11-14,18-22,26-30H2,1-5H3,(H5-,53,56,57,58,59,60,61,62,63,64,65)/p+1/t40-,41-,42-/m1/s1. The van der Waals surface area contributed by atoms with Crippen LogP contribution in [0, 0.1) is 11.7 Å². The highest BCUT2D eigenvalue weighted by Gasteiger charge is 2.44. The molecule has 1 saturated heterocycles. The summed E-state index contributed by atoms with van der Waals surface area (Å²) in [6, 6.07) is 9.04. The van der Waals surface area contributed by atoms with E-state index in [1.54, 1.807) is 22.9 Å². The zero-order chi connectivity index (χ0) is 56.5. The Morgan fingerprint density at radius 3 is 2.33 bits per heavy atom. The lowest BCUT2D eigenvalue weighted by molar-refractivity contribution is -0.0240. The second-order valence-electron chi connectivity index (χ2n) is 21.6. The molecular weight excluding hydrogens is 1160 g/mol. The monoisotopic (exact) mass is 1220 g/mol. The summed E-state index contributed by atoms with van der Waals surface area (Å²) in [5, 5.41) is 16.2. The maximum absolute atomic E-state index is 13.9. The highest BCUT2D eigenvalue weighted by molar-refractivity contribution is 8.77. The molecule has 3 aromatic carbocycles. The van der Waals surface area contributed by atoms with Gasteiger partial charge in [-0.1, -0.05) is 75.9 Å².